The Bertz CT molecular complexity index is 1050. The van der Waals surface area contributed by atoms with Crippen molar-refractivity contribution in [2.24, 2.45) is 0 Å². The maximum absolute atomic E-state index is 12.5. The summed E-state index contributed by atoms with van der Waals surface area (Å²) in [4.78, 5) is 36.9. The van der Waals surface area contributed by atoms with Crippen molar-refractivity contribution in [2.75, 3.05) is 17.2 Å². The Kier molecular flexibility index (Phi) is 7.54. The number of anilines is 2. The molecule has 0 unspecified atom stereocenters. The maximum atomic E-state index is 12.5. The van der Waals surface area contributed by atoms with Crippen LogP contribution < -0.4 is 10.6 Å². The third-order valence-electron chi connectivity index (χ3n) is 4.61. The second-order valence-corrected chi connectivity index (χ2v) is 6.93. The predicted octanol–water partition coefficient (Wildman–Crippen LogP) is 4.23. The van der Waals surface area contributed by atoms with Crippen molar-refractivity contribution in [2.45, 2.75) is 19.8 Å². The van der Waals surface area contributed by atoms with Crippen molar-refractivity contribution in [1.82, 2.24) is 0 Å². The van der Waals surface area contributed by atoms with Crippen molar-refractivity contribution in [3.05, 3.63) is 95.6 Å². The fraction of sp³-hybridized carbons (Fsp3) is 0.160. The molecule has 3 aromatic rings. The second-order valence-electron chi connectivity index (χ2n) is 6.93. The summed E-state index contributed by atoms with van der Waals surface area (Å²) in [6, 6.07) is 23.3. The second kappa shape index (κ2) is 10.7. The number of nitrogens with one attached hydrogen (secondary N) is 2. The van der Waals surface area contributed by atoms with Gasteiger partial charge in [-0.15, -0.1) is 0 Å². The van der Waals surface area contributed by atoms with E-state index in [1.165, 1.54) is 0 Å². The smallest absolute Gasteiger partial charge is 0.340 e. The van der Waals surface area contributed by atoms with Crippen LogP contribution >= 0.6 is 0 Å². The molecule has 0 heterocycles. The SMILES string of the molecule is CCc1ccc(NC(=O)COC(=O)c2ccccc2NC(=O)Cc2ccccc2)cc1. The zero-order valence-corrected chi connectivity index (χ0v) is 17.3. The number of aryl methyl sites for hydroxylation is 1. The highest BCUT2D eigenvalue weighted by molar-refractivity contribution is 6.02. The molecule has 0 radical (unpaired) electrons. The van der Waals surface area contributed by atoms with Crippen LogP contribution in [0.4, 0.5) is 11.4 Å². The van der Waals surface area contributed by atoms with Crippen molar-refractivity contribution in [3.8, 4) is 0 Å². The van der Waals surface area contributed by atoms with E-state index in [0.29, 0.717) is 11.4 Å². The molecule has 2 amide bonds. The minimum Gasteiger partial charge on any atom is -0.452 e. The van der Waals surface area contributed by atoms with Gasteiger partial charge in [0, 0.05) is 5.69 Å². The summed E-state index contributed by atoms with van der Waals surface area (Å²) in [5.74, 6) is -1.38. The van der Waals surface area contributed by atoms with E-state index in [9.17, 15) is 14.4 Å². The summed E-state index contributed by atoms with van der Waals surface area (Å²) in [5, 5.41) is 5.43. The first-order valence-electron chi connectivity index (χ1n) is 10.0. The van der Waals surface area contributed by atoms with Gasteiger partial charge in [-0.05, 0) is 41.8 Å². The van der Waals surface area contributed by atoms with Gasteiger partial charge in [0.15, 0.2) is 6.61 Å². The van der Waals surface area contributed by atoms with E-state index in [0.717, 1.165) is 17.5 Å². The molecule has 0 bridgehead atoms. The Labute approximate surface area is 181 Å². The van der Waals surface area contributed by atoms with Crippen LogP contribution in [0.1, 0.15) is 28.4 Å². The standard InChI is InChI=1S/C25H24N2O4/c1-2-18-12-14-20(15-13-18)26-24(29)17-31-25(30)21-10-6-7-11-22(21)27-23(28)16-19-8-4-3-5-9-19/h3-15H,2,16-17H2,1H3,(H,26,29)(H,27,28). The highest BCUT2D eigenvalue weighted by atomic mass is 16.5. The van der Waals surface area contributed by atoms with E-state index in [2.05, 4.69) is 17.6 Å². The van der Waals surface area contributed by atoms with Crippen LogP contribution in [0.2, 0.25) is 0 Å². The summed E-state index contributed by atoms with van der Waals surface area (Å²) >= 11 is 0. The van der Waals surface area contributed by atoms with Crippen LogP contribution in [-0.4, -0.2) is 24.4 Å². The Morgan fingerprint density at radius 2 is 1.42 bits per heavy atom. The molecular formula is C25H24N2O4. The highest BCUT2D eigenvalue weighted by Crippen LogP contribution is 2.17. The summed E-state index contributed by atoms with van der Waals surface area (Å²) in [6.07, 6.45) is 1.09. The first kappa shape index (κ1) is 21.8. The lowest BCUT2D eigenvalue weighted by molar-refractivity contribution is -0.119. The topological polar surface area (TPSA) is 84.5 Å². The van der Waals surface area contributed by atoms with E-state index in [1.807, 2.05) is 42.5 Å². The van der Waals surface area contributed by atoms with Gasteiger partial charge in [-0.2, -0.15) is 0 Å². The van der Waals surface area contributed by atoms with Crippen LogP contribution in [0.25, 0.3) is 0 Å². The van der Waals surface area contributed by atoms with Crippen LogP contribution in [0.3, 0.4) is 0 Å². The molecule has 0 aliphatic rings. The average Bonchev–Trinajstić information content (AvgIpc) is 2.79. The fourth-order valence-electron chi connectivity index (χ4n) is 2.98. The maximum Gasteiger partial charge on any atom is 0.340 e. The molecule has 6 nitrogen and oxygen atoms in total. The number of rotatable bonds is 8. The zero-order chi connectivity index (χ0) is 22.1. The molecule has 0 saturated heterocycles. The molecule has 3 aromatic carbocycles. The zero-order valence-electron chi connectivity index (χ0n) is 17.3. The molecule has 31 heavy (non-hydrogen) atoms. The van der Waals surface area contributed by atoms with Crippen molar-refractivity contribution < 1.29 is 19.1 Å². The third kappa shape index (κ3) is 6.54. The van der Waals surface area contributed by atoms with E-state index in [1.54, 1.807) is 36.4 Å². The van der Waals surface area contributed by atoms with Crippen LogP contribution in [-0.2, 0) is 27.2 Å². The molecule has 6 heteroatoms. The first-order valence-corrected chi connectivity index (χ1v) is 10.0. The highest BCUT2D eigenvalue weighted by Gasteiger charge is 2.16. The van der Waals surface area contributed by atoms with Crippen LogP contribution in [0, 0.1) is 0 Å². The molecule has 0 atom stereocenters. The number of para-hydroxylation sites is 1. The Hall–Kier alpha value is -3.93. The number of amides is 2. The number of carbonyl (C=O) groups excluding carboxylic acids is 3. The van der Waals surface area contributed by atoms with Crippen LogP contribution in [0.15, 0.2) is 78.9 Å². The third-order valence-corrected chi connectivity index (χ3v) is 4.61. The minimum atomic E-state index is -0.688. The number of hydrogen-bond acceptors (Lipinski definition) is 4. The molecule has 2 N–H and O–H groups in total. The molecule has 0 aromatic heterocycles. The number of ether oxygens (including phenoxy) is 1. The predicted molar refractivity (Wildman–Crippen MR) is 120 cm³/mol. The van der Waals surface area contributed by atoms with Gasteiger partial charge in [0.05, 0.1) is 17.7 Å². The van der Waals surface area contributed by atoms with Gasteiger partial charge in [0.1, 0.15) is 0 Å². The lowest BCUT2D eigenvalue weighted by Crippen LogP contribution is -2.22. The van der Waals surface area contributed by atoms with Gasteiger partial charge in [-0.3, -0.25) is 9.59 Å². The van der Waals surface area contributed by atoms with Crippen molar-refractivity contribution in [3.63, 3.8) is 0 Å². The van der Waals surface area contributed by atoms with Crippen LogP contribution in [0.5, 0.6) is 0 Å². The molecule has 0 aliphatic carbocycles. The molecule has 3 rings (SSSR count). The van der Waals surface area contributed by atoms with E-state index in [4.69, 9.17) is 4.74 Å². The van der Waals surface area contributed by atoms with Gasteiger partial charge >= 0.3 is 5.97 Å². The van der Waals surface area contributed by atoms with Gasteiger partial charge < -0.3 is 15.4 Å². The van der Waals surface area contributed by atoms with E-state index < -0.39 is 18.5 Å². The van der Waals surface area contributed by atoms with Gasteiger partial charge in [-0.1, -0.05) is 61.5 Å². The molecule has 0 spiro atoms. The summed E-state index contributed by atoms with van der Waals surface area (Å²) in [6.45, 7) is 1.62. The lowest BCUT2D eigenvalue weighted by Gasteiger charge is -2.11. The van der Waals surface area contributed by atoms with Gasteiger partial charge in [0.25, 0.3) is 5.91 Å². The molecule has 158 valence electrons. The average molecular weight is 416 g/mol. The van der Waals surface area contributed by atoms with Gasteiger partial charge in [-0.25, -0.2) is 4.79 Å². The number of benzene rings is 3. The van der Waals surface area contributed by atoms with Gasteiger partial charge in [0.2, 0.25) is 5.91 Å². The molecule has 0 aliphatic heterocycles. The Balaban J connectivity index is 1.56. The number of esters is 1. The first-order chi connectivity index (χ1) is 15.0. The largest absolute Gasteiger partial charge is 0.452 e. The normalized spacial score (nSPS) is 10.2. The fourth-order valence-corrected chi connectivity index (χ4v) is 2.98. The van der Waals surface area contributed by atoms with Crippen molar-refractivity contribution >= 4 is 29.2 Å². The summed E-state index contributed by atoms with van der Waals surface area (Å²) in [5.41, 5.74) is 3.18. The Morgan fingerprint density at radius 1 is 0.742 bits per heavy atom. The number of carbonyl (C=O) groups is 3. The quantitative estimate of drug-likeness (QED) is 0.539. The Morgan fingerprint density at radius 3 is 2.13 bits per heavy atom. The molecule has 0 fully saturated rings. The lowest BCUT2D eigenvalue weighted by atomic mass is 10.1. The monoisotopic (exact) mass is 416 g/mol. The van der Waals surface area contributed by atoms with E-state index in [-0.39, 0.29) is 17.9 Å². The summed E-state index contributed by atoms with van der Waals surface area (Å²) < 4.78 is 5.15. The van der Waals surface area contributed by atoms with Crippen molar-refractivity contribution in [1.29, 1.82) is 0 Å². The number of hydrogen-bond donors (Lipinski definition) is 2. The summed E-state index contributed by atoms with van der Waals surface area (Å²) in [7, 11) is 0. The molecule has 0 saturated carbocycles. The molecular weight excluding hydrogens is 392 g/mol. The minimum absolute atomic E-state index is 0.184. The van der Waals surface area contributed by atoms with E-state index >= 15 is 0 Å².